The number of nitrogens with zero attached hydrogens (tertiary/aromatic N) is 5. The Kier molecular flexibility index (Phi) is 9.84. The van der Waals surface area contributed by atoms with Crippen molar-refractivity contribution in [2.75, 3.05) is 45.2 Å². The molecule has 0 atom stereocenters. The predicted octanol–water partition coefficient (Wildman–Crippen LogP) is 1.52. The first-order chi connectivity index (χ1) is 14.1. The van der Waals surface area contributed by atoms with E-state index in [1.807, 2.05) is 18.2 Å². The SMILES string of the molecule is CN(C)C(=O)CN=C(NCCc1ccco1)NC1CCN(c2ncccn2)CC1.I. The van der Waals surface area contributed by atoms with E-state index in [4.69, 9.17) is 4.42 Å². The van der Waals surface area contributed by atoms with Crippen LogP contribution in [0.25, 0.3) is 0 Å². The lowest BCUT2D eigenvalue weighted by Crippen LogP contribution is -2.49. The van der Waals surface area contributed by atoms with E-state index in [9.17, 15) is 4.79 Å². The molecular formula is C20H30IN7O2. The van der Waals surface area contributed by atoms with Crippen LogP contribution >= 0.6 is 24.0 Å². The summed E-state index contributed by atoms with van der Waals surface area (Å²) in [5.74, 6) is 2.31. The number of hydrogen-bond donors (Lipinski definition) is 2. The number of amides is 1. The molecule has 164 valence electrons. The first kappa shape index (κ1) is 23.9. The minimum Gasteiger partial charge on any atom is -0.469 e. The second-order valence-electron chi connectivity index (χ2n) is 7.16. The van der Waals surface area contributed by atoms with Crippen molar-refractivity contribution in [2.45, 2.75) is 25.3 Å². The normalized spacial score (nSPS) is 14.7. The fourth-order valence-electron chi connectivity index (χ4n) is 3.07. The Morgan fingerprint density at radius 1 is 1.27 bits per heavy atom. The summed E-state index contributed by atoms with van der Waals surface area (Å²) in [6.07, 6.45) is 7.84. The molecule has 10 heteroatoms. The quantitative estimate of drug-likeness (QED) is 0.320. The van der Waals surface area contributed by atoms with Gasteiger partial charge < -0.3 is 24.9 Å². The first-order valence-corrected chi connectivity index (χ1v) is 9.91. The minimum atomic E-state index is -0.0341. The second kappa shape index (κ2) is 12.4. The maximum absolute atomic E-state index is 11.9. The summed E-state index contributed by atoms with van der Waals surface area (Å²) in [5, 5.41) is 6.78. The Morgan fingerprint density at radius 2 is 2.00 bits per heavy atom. The summed E-state index contributed by atoms with van der Waals surface area (Å²) in [5.41, 5.74) is 0. The van der Waals surface area contributed by atoms with Gasteiger partial charge in [-0.1, -0.05) is 0 Å². The lowest BCUT2D eigenvalue weighted by Gasteiger charge is -2.33. The number of carbonyl (C=O) groups excluding carboxylic acids is 1. The monoisotopic (exact) mass is 527 g/mol. The number of furan rings is 1. The summed E-state index contributed by atoms with van der Waals surface area (Å²) in [7, 11) is 3.47. The van der Waals surface area contributed by atoms with E-state index in [0.717, 1.165) is 44.1 Å². The third-order valence-corrected chi connectivity index (χ3v) is 4.79. The fourth-order valence-corrected chi connectivity index (χ4v) is 3.07. The summed E-state index contributed by atoms with van der Waals surface area (Å²) < 4.78 is 5.37. The average molecular weight is 527 g/mol. The number of nitrogens with one attached hydrogen (secondary N) is 2. The lowest BCUT2D eigenvalue weighted by atomic mass is 10.1. The molecule has 0 saturated carbocycles. The van der Waals surface area contributed by atoms with Crippen molar-refractivity contribution in [2.24, 2.45) is 4.99 Å². The molecule has 0 spiro atoms. The van der Waals surface area contributed by atoms with Crippen LogP contribution in [0.1, 0.15) is 18.6 Å². The number of anilines is 1. The van der Waals surface area contributed by atoms with Gasteiger partial charge in [-0.2, -0.15) is 0 Å². The highest BCUT2D eigenvalue weighted by Gasteiger charge is 2.21. The molecule has 3 heterocycles. The largest absolute Gasteiger partial charge is 0.469 e. The van der Waals surface area contributed by atoms with E-state index >= 15 is 0 Å². The molecule has 2 N–H and O–H groups in total. The van der Waals surface area contributed by atoms with E-state index in [1.165, 1.54) is 0 Å². The molecule has 0 aliphatic carbocycles. The standard InChI is InChI=1S/C20H29N7O2.HI/c1-26(2)18(28)15-24-19(21-11-6-17-5-3-14-29-17)25-16-7-12-27(13-8-16)20-22-9-4-10-23-20;/h3-5,9-10,14,16H,6-8,11-13,15H2,1-2H3,(H2,21,24,25);1H. The molecule has 0 unspecified atom stereocenters. The number of aliphatic imine (C=N–C) groups is 1. The van der Waals surface area contributed by atoms with Crippen LogP contribution in [0.3, 0.4) is 0 Å². The smallest absolute Gasteiger partial charge is 0.243 e. The number of guanidine groups is 1. The zero-order chi connectivity index (χ0) is 20.5. The topological polar surface area (TPSA) is 98.9 Å². The number of piperidine rings is 1. The Balaban J connectivity index is 0.00000320. The number of likely N-dealkylation sites (N-methyl/N-ethyl adjacent to an activating group) is 1. The third-order valence-electron chi connectivity index (χ3n) is 4.79. The van der Waals surface area contributed by atoms with Crippen LogP contribution in [-0.2, 0) is 11.2 Å². The maximum Gasteiger partial charge on any atom is 0.243 e. The van der Waals surface area contributed by atoms with Gasteiger partial charge in [-0.15, -0.1) is 24.0 Å². The molecule has 0 aromatic carbocycles. The Labute approximate surface area is 194 Å². The fraction of sp³-hybridized carbons (Fsp3) is 0.500. The summed E-state index contributed by atoms with van der Waals surface area (Å²) in [4.78, 5) is 28.8. The van der Waals surface area contributed by atoms with Gasteiger partial charge in [-0.05, 0) is 31.0 Å². The van der Waals surface area contributed by atoms with Gasteiger partial charge in [0.15, 0.2) is 5.96 Å². The summed E-state index contributed by atoms with van der Waals surface area (Å²) >= 11 is 0. The van der Waals surface area contributed by atoms with Crippen molar-refractivity contribution in [3.8, 4) is 0 Å². The van der Waals surface area contributed by atoms with Crippen molar-refractivity contribution in [1.29, 1.82) is 0 Å². The van der Waals surface area contributed by atoms with Gasteiger partial charge >= 0.3 is 0 Å². The second-order valence-corrected chi connectivity index (χ2v) is 7.16. The maximum atomic E-state index is 11.9. The molecule has 1 aliphatic rings. The molecule has 2 aromatic rings. The van der Waals surface area contributed by atoms with Gasteiger partial charge in [0.25, 0.3) is 0 Å². The van der Waals surface area contributed by atoms with Crippen molar-refractivity contribution in [1.82, 2.24) is 25.5 Å². The molecule has 0 bridgehead atoms. The molecule has 0 radical (unpaired) electrons. The Bertz CT molecular complexity index is 776. The number of aromatic nitrogens is 2. The van der Waals surface area contributed by atoms with E-state index < -0.39 is 0 Å². The van der Waals surface area contributed by atoms with Gasteiger partial charge in [-0.3, -0.25) is 4.79 Å². The van der Waals surface area contributed by atoms with Crippen molar-refractivity contribution in [3.63, 3.8) is 0 Å². The van der Waals surface area contributed by atoms with Gasteiger partial charge in [0, 0.05) is 58.6 Å². The highest BCUT2D eigenvalue weighted by molar-refractivity contribution is 14.0. The van der Waals surface area contributed by atoms with Crippen molar-refractivity contribution < 1.29 is 9.21 Å². The van der Waals surface area contributed by atoms with Crippen LogP contribution in [0.2, 0.25) is 0 Å². The lowest BCUT2D eigenvalue weighted by molar-refractivity contribution is -0.127. The number of rotatable bonds is 7. The van der Waals surface area contributed by atoms with Crippen LogP contribution in [0.15, 0.2) is 46.3 Å². The Hall–Kier alpha value is -2.37. The number of halogens is 1. The third kappa shape index (κ3) is 7.47. The predicted molar refractivity (Wildman–Crippen MR) is 127 cm³/mol. The molecule has 1 aliphatic heterocycles. The van der Waals surface area contributed by atoms with Gasteiger partial charge in [0.2, 0.25) is 11.9 Å². The minimum absolute atomic E-state index is 0. The highest BCUT2D eigenvalue weighted by atomic mass is 127. The summed E-state index contributed by atoms with van der Waals surface area (Å²) in [6, 6.07) is 5.93. The number of carbonyl (C=O) groups is 1. The molecule has 3 rings (SSSR count). The van der Waals surface area contributed by atoms with Crippen LogP contribution in [0.5, 0.6) is 0 Å². The molecule has 2 aromatic heterocycles. The van der Waals surface area contributed by atoms with Crippen molar-refractivity contribution in [3.05, 3.63) is 42.6 Å². The van der Waals surface area contributed by atoms with Crippen LogP contribution in [-0.4, -0.2) is 73.1 Å². The Morgan fingerprint density at radius 3 is 2.63 bits per heavy atom. The summed E-state index contributed by atoms with van der Waals surface area (Å²) in [6.45, 7) is 2.53. The van der Waals surface area contributed by atoms with Gasteiger partial charge in [-0.25, -0.2) is 15.0 Å². The molecule has 9 nitrogen and oxygen atoms in total. The molecule has 30 heavy (non-hydrogen) atoms. The number of hydrogen-bond acceptors (Lipinski definition) is 6. The highest BCUT2D eigenvalue weighted by Crippen LogP contribution is 2.15. The van der Waals surface area contributed by atoms with Crippen LogP contribution in [0.4, 0.5) is 5.95 Å². The first-order valence-electron chi connectivity index (χ1n) is 9.91. The van der Waals surface area contributed by atoms with E-state index in [2.05, 4.69) is 30.5 Å². The molecule has 1 fully saturated rings. The van der Waals surface area contributed by atoms with Gasteiger partial charge in [0.05, 0.1) is 6.26 Å². The average Bonchev–Trinajstić information content (AvgIpc) is 3.26. The van der Waals surface area contributed by atoms with E-state index in [-0.39, 0.29) is 42.5 Å². The zero-order valence-electron chi connectivity index (χ0n) is 17.5. The van der Waals surface area contributed by atoms with Gasteiger partial charge in [0.1, 0.15) is 12.3 Å². The zero-order valence-corrected chi connectivity index (χ0v) is 19.8. The van der Waals surface area contributed by atoms with Crippen molar-refractivity contribution >= 4 is 41.8 Å². The van der Waals surface area contributed by atoms with Crippen LogP contribution in [0, 0.1) is 0 Å². The van der Waals surface area contributed by atoms with E-state index in [1.54, 1.807) is 37.7 Å². The molecule has 1 saturated heterocycles. The van der Waals surface area contributed by atoms with E-state index in [0.29, 0.717) is 12.5 Å². The molecule has 1 amide bonds. The van der Waals surface area contributed by atoms with Crippen LogP contribution < -0.4 is 15.5 Å². The molecular weight excluding hydrogens is 497 g/mol.